The molecular formula is C22H20ClF3N6O. The summed E-state index contributed by atoms with van der Waals surface area (Å²) < 4.78 is 42.7. The highest BCUT2D eigenvalue weighted by Gasteiger charge is 2.36. The predicted octanol–water partition coefficient (Wildman–Crippen LogP) is 5.13. The van der Waals surface area contributed by atoms with Crippen molar-refractivity contribution < 1.29 is 18.0 Å². The summed E-state index contributed by atoms with van der Waals surface area (Å²) in [5, 5.41) is 10.8. The van der Waals surface area contributed by atoms with Crippen molar-refractivity contribution in [3.05, 3.63) is 75.0 Å². The van der Waals surface area contributed by atoms with Crippen LogP contribution in [0, 0.1) is 27.7 Å². The molecule has 3 heterocycles. The number of carbonyl (C=O) groups excluding carboxylic acids is 1. The zero-order valence-electron chi connectivity index (χ0n) is 18.3. The molecule has 0 unspecified atom stereocenters. The van der Waals surface area contributed by atoms with E-state index in [1.807, 2.05) is 31.2 Å². The molecule has 7 nitrogen and oxygen atoms in total. The van der Waals surface area contributed by atoms with Gasteiger partial charge in [0.05, 0.1) is 23.6 Å². The topological polar surface area (TPSA) is 77.1 Å². The Bertz CT molecular complexity index is 1390. The Morgan fingerprint density at radius 2 is 1.82 bits per heavy atom. The van der Waals surface area contributed by atoms with Crippen molar-refractivity contribution in [3.63, 3.8) is 0 Å². The number of benzene rings is 1. The lowest BCUT2D eigenvalue weighted by molar-refractivity contribution is -0.142. The van der Waals surface area contributed by atoms with E-state index in [1.54, 1.807) is 18.5 Å². The van der Waals surface area contributed by atoms with E-state index in [0.717, 1.165) is 17.2 Å². The number of nitrogens with zero attached hydrogens (tertiary/aromatic N) is 5. The first kappa shape index (κ1) is 22.8. The second-order valence-electron chi connectivity index (χ2n) is 7.76. The van der Waals surface area contributed by atoms with Crippen molar-refractivity contribution in [1.82, 2.24) is 24.4 Å². The van der Waals surface area contributed by atoms with Crippen LogP contribution in [0.15, 0.2) is 30.3 Å². The number of carbonyl (C=O) groups is 1. The number of aryl methyl sites for hydroxylation is 3. The van der Waals surface area contributed by atoms with Crippen molar-refractivity contribution in [2.24, 2.45) is 0 Å². The van der Waals surface area contributed by atoms with Crippen LogP contribution in [0.1, 0.15) is 44.4 Å². The molecule has 11 heteroatoms. The van der Waals surface area contributed by atoms with Crippen molar-refractivity contribution in [2.45, 2.75) is 40.4 Å². The third-order valence-corrected chi connectivity index (χ3v) is 5.72. The lowest BCUT2D eigenvalue weighted by Gasteiger charge is -2.09. The van der Waals surface area contributed by atoms with Crippen LogP contribution in [0.4, 0.5) is 18.9 Å². The number of aromatic nitrogens is 5. The summed E-state index contributed by atoms with van der Waals surface area (Å²) in [4.78, 5) is 17.0. The summed E-state index contributed by atoms with van der Waals surface area (Å²) >= 11 is 6.23. The summed E-state index contributed by atoms with van der Waals surface area (Å²) in [6, 6.07) is 8.73. The zero-order chi connectivity index (χ0) is 24.1. The van der Waals surface area contributed by atoms with Gasteiger partial charge in [0.25, 0.3) is 5.91 Å². The van der Waals surface area contributed by atoms with Gasteiger partial charge in [0.15, 0.2) is 11.3 Å². The van der Waals surface area contributed by atoms with E-state index in [1.165, 1.54) is 6.92 Å². The van der Waals surface area contributed by atoms with Gasteiger partial charge in [0.2, 0.25) is 0 Å². The normalized spacial score (nSPS) is 11.9. The van der Waals surface area contributed by atoms with Crippen LogP contribution in [-0.4, -0.2) is 30.3 Å². The summed E-state index contributed by atoms with van der Waals surface area (Å²) in [5.74, 6) is -0.752. The fourth-order valence-corrected chi connectivity index (χ4v) is 3.86. The highest BCUT2D eigenvalue weighted by Crippen LogP contribution is 2.32. The molecule has 1 aromatic carbocycles. The quantitative estimate of drug-likeness (QED) is 0.443. The maximum absolute atomic E-state index is 13.5. The molecule has 1 amide bonds. The molecule has 0 spiro atoms. The van der Waals surface area contributed by atoms with Crippen LogP contribution in [0.5, 0.6) is 0 Å². The van der Waals surface area contributed by atoms with E-state index in [9.17, 15) is 18.0 Å². The fraction of sp³-hybridized carbons (Fsp3) is 0.273. The lowest BCUT2D eigenvalue weighted by atomic mass is 10.1. The van der Waals surface area contributed by atoms with Gasteiger partial charge in [-0.25, -0.2) is 9.50 Å². The van der Waals surface area contributed by atoms with Crippen LogP contribution < -0.4 is 5.32 Å². The molecule has 172 valence electrons. The standard InChI is InChI=1S/C22H20ClF3N6O/c1-11-7-5-6-8-15(11)10-31-14(4)18(13(3)29-31)28-21(33)19-17(23)20-27-12(2)9-16(22(24,25)26)32(20)30-19/h5-9H,10H2,1-4H3,(H,28,33). The number of rotatable bonds is 4. The minimum absolute atomic E-state index is 0.104. The number of alkyl halides is 3. The van der Waals surface area contributed by atoms with Gasteiger partial charge in [-0.2, -0.15) is 23.4 Å². The summed E-state index contributed by atoms with van der Waals surface area (Å²) in [6.07, 6.45) is -4.70. The maximum Gasteiger partial charge on any atom is 0.433 e. The van der Waals surface area contributed by atoms with Crippen LogP contribution >= 0.6 is 11.6 Å². The number of fused-ring (bicyclic) bond motifs is 1. The maximum atomic E-state index is 13.5. The molecule has 0 aliphatic carbocycles. The van der Waals surface area contributed by atoms with Crippen LogP contribution in [0.3, 0.4) is 0 Å². The third kappa shape index (κ3) is 4.18. The Kier molecular flexibility index (Phi) is 5.65. The van der Waals surface area contributed by atoms with E-state index in [-0.39, 0.29) is 22.1 Å². The molecule has 1 N–H and O–H groups in total. The van der Waals surface area contributed by atoms with Gasteiger partial charge >= 0.3 is 6.18 Å². The Hall–Kier alpha value is -3.40. The molecular weight excluding hydrogens is 457 g/mol. The first-order chi connectivity index (χ1) is 15.5. The smallest absolute Gasteiger partial charge is 0.317 e. The molecule has 0 saturated carbocycles. The highest BCUT2D eigenvalue weighted by atomic mass is 35.5. The minimum atomic E-state index is -4.70. The Morgan fingerprint density at radius 1 is 1.12 bits per heavy atom. The molecule has 4 rings (SSSR count). The van der Waals surface area contributed by atoms with E-state index in [4.69, 9.17) is 11.6 Å². The van der Waals surface area contributed by atoms with E-state index >= 15 is 0 Å². The minimum Gasteiger partial charge on any atom is -0.317 e. The van der Waals surface area contributed by atoms with Gasteiger partial charge in [0, 0.05) is 5.69 Å². The second-order valence-corrected chi connectivity index (χ2v) is 8.14. The Balaban J connectivity index is 1.69. The Morgan fingerprint density at radius 3 is 2.48 bits per heavy atom. The SMILES string of the molecule is Cc1cc(C(F)(F)F)n2nc(C(=O)Nc3c(C)nn(Cc4ccccc4C)c3C)c(Cl)c2n1. The number of hydrogen-bond donors (Lipinski definition) is 1. The molecule has 0 fully saturated rings. The largest absolute Gasteiger partial charge is 0.433 e. The zero-order valence-corrected chi connectivity index (χ0v) is 19.0. The van der Waals surface area contributed by atoms with Gasteiger partial charge in [-0.1, -0.05) is 35.9 Å². The summed E-state index contributed by atoms with van der Waals surface area (Å²) in [6.45, 7) is 7.44. The number of halogens is 4. The number of amides is 1. The van der Waals surface area contributed by atoms with Crippen molar-refractivity contribution in [1.29, 1.82) is 0 Å². The number of hydrogen-bond acceptors (Lipinski definition) is 4. The fourth-order valence-electron chi connectivity index (χ4n) is 3.61. The average molecular weight is 477 g/mol. The first-order valence-corrected chi connectivity index (χ1v) is 10.4. The second kappa shape index (κ2) is 8.18. The molecule has 4 aromatic rings. The van der Waals surface area contributed by atoms with Gasteiger partial charge in [0.1, 0.15) is 10.7 Å². The first-order valence-electron chi connectivity index (χ1n) is 10.00. The third-order valence-electron chi connectivity index (χ3n) is 5.37. The van der Waals surface area contributed by atoms with Crippen LogP contribution in [0.25, 0.3) is 5.65 Å². The van der Waals surface area contributed by atoms with Gasteiger partial charge in [-0.3, -0.25) is 9.48 Å². The molecule has 33 heavy (non-hydrogen) atoms. The Labute approximate surface area is 192 Å². The van der Waals surface area contributed by atoms with Crippen molar-refractivity contribution in [2.75, 3.05) is 5.32 Å². The van der Waals surface area contributed by atoms with Gasteiger partial charge in [-0.15, -0.1) is 0 Å². The average Bonchev–Trinajstić information content (AvgIpc) is 3.20. The highest BCUT2D eigenvalue weighted by molar-refractivity contribution is 6.37. The molecule has 0 aliphatic rings. The number of nitrogens with one attached hydrogen (secondary N) is 1. The lowest BCUT2D eigenvalue weighted by Crippen LogP contribution is -2.16. The van der Waals surface area contributed by atoms with Gasteiger partial charge < -0.3 is 5.32 Å². The van der Waals surface area contributed by atoms with Gasteiger partial charge in [-0.05, 0) is 44.9 Å². The molecule has 0 radical (unpaired) electrons. The van der Waals surface area contributed by atoms with E-state index < -0.39 is 17.8 Å². The summed E-state index contributed by atoms with van der Waals surface area (Å²) in [7, 11) is 0. The molecule has 0 aliphatic heterocycles. The van der Waals surface area contributed by atoms with Crippen LogP contribution in [0.2, 0.25) is 5.02 Å². The van der Waals surface area contributed by atoms with E-state index in [0.29, 0.717) is 28.1 Å². The predicted molar refractivity (Wildman–Crippen MR) is 118 cm³/mol. The molecule has 0 saturated heterocycles. The van der Waals surface area contributed by atoms with Crippen molar-refractivity contribution in [3.8, 4) is 0 Å². The molecule has 0 bridgehead atoms. The van der Waals surface area contributed by atoms with Crippen LogP contribution in [-0.2, 0) is 12.7 Å². The number of anilines is 1. The molecule has 0 atom stereocenters. The summed E-state index contributed by atoms with van der Waals surface area (Å²) in [5.41, 5.74) is 2.32. The monoisotopic (exact) mass is 476 g/mol. The molecule has 3 aromatic heterocycles. The van der Waals surface area contributed by atoms with E-state index in [2.05, 4.69) is 20.5 Å². The van der Waals surface area contributed by atoms with Crippen molar-refractivity contribution >= 4 is 28.8 Å².